The van der Waals surface area contributed by atoms with Gasteiger partial charge in [0.05, 0.1) is 0 Å². The third-order valence-electron chi connectivity index (χ3n) is 1.50. The summed E-state index contributed by atoms with van der Waals surface area (Å²) in [6.45, 7) is 4.11. The highest BCUT2D eigenvalue weighted by molar-refractivity contribution is 4.86. The monoisotopic (exact) mass is 141 g/mol. The predicted octanol–water partition coefficient (Wildman–Crippen LogP) is -0.0996. The number of hydrogen-bond donors (Lipinski definition) is 1. The first-order valence-corrected chi connectivity index (χ1v) is 3.29. The molecule has 0 radical (unpaired) electrons. The molecule has 0 spiro atoms. The van der Waals surface area contributed by atoms with E-state index in [-0.39, 0.29) is 0 Å². The van der Waals surface area contributed by atoms with E-state index in [4.69, 9.17) is 5.84 Å². The number of nitrogens with zero attached hydrogens (tertiary/aromatic N) is 4. The summed E-state index contributed by atoms with van der Waals surface area (Å²) < 4.78 is 0. The molecule has 1 aromatic rings. The molecular formula is C5H11N5. The van der Waals surface area contributed by atoms with Crippen molar-refractivity contribution in [3.63, 3.8) is 0 Å². The van der Waals surface area contributed by atoms with Crippen LogP contribution in [-0.2, 0) is 0 Å². The van der Waals surface area contributed by atoms with Crippen LogP contribution in [0.4, 0.5) is 0 Å². The predicted molar refractivity (Wildman–Crippen MR) is 36.7 cm³/mol. The summed E-state index contributed by atoms with van der Waals surface area (Å²) in [7, 11) is 0. The molecule has 0 fully saturated rings. The Kier molecular flexibility index (Phi) is 1.84. The van der Waals surface area contributed by atoms with E-state index in [1.165, 1.54) is 0 Å². The topological polar surface area (TPSA) is 69.6 Å². The van der Waals surface area contributed by atoms with Crippen LogP contribution in [0.5, 0.6) is 0 Å². The first kappa shape index (κ1) is 6.98. The molecule has 2 N–H and O–H groups in total. The Balaban J connectivity index is 2.74. The normalized spacial score (nSPS) is 13.4. The third-order valence-corrected chi connectivity index (χ3v) is 1.50. The van der Waals surface area contributed by atoms with Crippen LogP contribution in [0.25, 0.3) is 0 Å². The minimum atomic E-state index is 0.345. The molecular weight excluding hydrogens is 130 g/mol. The van der Waals surface area contributed by atoms with Gasteiger partial charge >= 0.3 is 0 Å². The van der Waals surface area contributed by atoms with E-state index in [0.29, 0.717) is 11.7 Å². The Morgan fingerprint density at radius 3 is 2.80 bits per heavy atom. The Bertz CT molecular complexity index is 206. The number of hydrogen-bond acceptors (Lipinski definition) is 4. The first-order valence-electron chi connectivity index (χ1n) is 3.29. The van der Waals surface area contributed by atoms with Gasteiger partial charge < -0.3 is 5.84 Å². The summed E-state index contributed by atoms with van der Waals surface area (Å²) in [6, 6.07) is 0. The van der Waals surface area contributed by atoms with Gasteiger partial charge in [-0.3, -0.25) is 0 Å². The minimum Gasteiger partial charge on any atom is -0.304 e. The van der Waals surface area contributed by atoms with Crippen LogP contribution in [0.3, 0.4) is 0 Å². The Morgan fingerprint density at radius 2 is 2.40 bits per heavy atom. The molecule has 56 valence electrons. The Hall–Kier alpha value is -1.13. The van der Waals surface area contributed by atoms with Crippen molar-refractivity contribution >= 4 is 0 Å². The second kappa shape index (κ2) is 2.64. The molecule has 1 rings (SSSR count). The minimum absolute atomic E-state index is 0.345. The van der Waals surface area contributed by atoms with Gasteiger partial charge in [0.15, 0.2) is 5.82 Å². The van der Waals surface area contributed by atoms with E-state index >= 15 is 0 Å². The summed E-state index contributed by atoms with van der Waals surface area (Å²) in [5.74, 6) is 6.26. The summed E-state index contributed by atoms with van der Waals surface area (Å²) in [4.78, 5) is 0.988. The van der Waals surface area contributed by atoms with E-state index in [1.54, 1.807) is 0 Å². The zero-order valence-electron chi connectivity index (χ0n) is 6.15. The number of nitrogens with two attached hydrogens (primary N) is 1. The average molecular weight is 141 g/mol. The first-order chi connectivity index (χ1) is 4.74. The van der Waals surface area contributed by atoms with Gasteiger partial charge in [0.2, 0.25) is 0 Å². The molecule has 0 saturated carbocycles. The van der Waals surface area contributed by atoms with Gasteiger partial charge in [0, 0.05) is 5.92 Å². The fourth-order valence-corrected chi connectivity index (χ4v) is 0.616. The summed E-state index contributed by atoms with van der Waals surface area (Å²) in [5.41, 5.74) is 0. The van der Waals surface area contributed by atoms with Crippen molar-refractivity contribution in [3.8, 4) is 0 Å². The number of tetrazole rings is 1. The molecule has 0 aliphatic rings. The van der Waals surface area contributed by atoms with E-state index in [9.17, 15) is 0 Å². The van der Waals surface area contributed by atoms with Gasteiger partial charge in [-0.25, -0.2) is 0 Å². The van der Waals surface area contributed by atoms with Crippen molar-refractivity contribution in [1.29, 1.82) is 0 Å². The molecule has 1 unspecified atom stereocenters. The second-order valence-corrected chi connectivity index (χ2v) is 2.28. The largest absolute Gasteiger partial charge is 0.304 e. The van der Waals surface area contributed by atoms with E-state index in [2.05, 4.69) is 22.3 Å². The summed E-state index contributed by atoms with van der Waals surface area (Å²) in [5, 5.41) is 11.1. The van der Waals surface area contributed by atoms with Crippen molar-refractivity contribution in [3.05, 3.63) is 5.82 Å². The van der Waals surface area contributed by atoms with Crippen LogP contribution >= 0.6 is 0 Å². The van der Waals surface area contributed by atoms with Gasteiger partial charge in [-0.05, 0) is 11.6 Å². The highest BCUT2D eigenvalue weighted by atomic mass is 15.7. The smallest absolute Gasteiger partial charge is 0.179 e. The molecule has 10 heavy (non-hydrogen) atoms. The fraction of sp³-hybridized carbons (Fsp3) is 0.800. The van der Waals surface area contributed by atoms with Crippen LogP contribution in [-0.4, -0.2) is 20.3 Å². The van der Waals surface area contributed by atoms with Gasteiger partial charge in [0.1, 0.15) is 0 Å². The lowest BCUT2D eigenvalue weighted by Gasteiger charge is -1.98. The van der Waals surface area contributed by atoms with Crippen LogP contribution in [0.2, 0.25) is 0 Å². The maximum atomic E-state index is 5.20. The van der Waals surface area contributed by atoms with Crippen molar-refractivity contribution in [2.75, 3.05) is 5.84 Å². The maximum absolute atomic E-state index is 5.20. The standard InChI is InChI=1S/C5H11N5/c1-3-4(2)5-7-9-10(6)8-5/h4H,3,6H2,1-2H3. The quantitative estimate of drug-likeness (QED) is 0.584. The lowest BCUT2D eigenvalue weighted by Crippen LogP contribution is -2.12. The van der Waals surface area contributed by atoms with Crippen molar-refractivity contribution < 1.29 is 0 Å². The molecule has 0 aliphatic heterocycles. The van der Waals surface area contributed by atoms with E-state index in [1.807, 2.05) is 6.92 Å². The van der Waals surface area contributed by atoms with Crippen molar-refractivity contribution in [2.24, 2.45) is 0 Å². The Labute approximate surface area is 59.2 Å². The maximum Gasteiger partial charge on any atom is 0.179 e. The number of rotatable bonds is 2. The zero-order chi connectivity index (χ0) is 7.56. The van der Waals surface area contributed by atoms with Crippen LogP contribution in [0, 0.1) is 0 Å². The summed E-state index contributed by atoms with van der Waals surface area (Å²) in [6.07, 6.45) is 1.01. The van der Waals surface area contributed by atoms with Crippen molar-refractivity contribution in [2.45, 2.75) is 26.2 Å². The summed E-state index contributed by atoms with van der Waals surface area (Å²) >= 11 is 0. The second-order valence-electron chi connectivity index (χ2n) is 2.28. The van der Waals surface area contributed by atoms with Crippen LogP contribution in [0.15, 0.2) is 0 Å². The zero-order valence-corrected chi connectivity index (χ0v) is 6.15. The number of aromatic nitrogens is 4. The van der Waals surface area contributed by atoms with Gasteiger partial charge in [0.25, 0.3) is 0 Å². The number of nitrogen functional groups attached to an aromatic ring is 1. The molecule has 0 amide bonds. The SMILES string of the molecule is CCC(C)c1nnn(N)n1. The van der Waals surface area contributed by atoms with E-state index in [0.717, 1.165) is 11.3 Å². The van der Waals surface area contributed by atoms with Gasteiger partial charge in [-0.2, -0.15) is 0 Å². The third kappa shape index (κ3) is 1.23. The molecule has 5 heteroatoms. The lowest BCUT2D eigenvalue weighted by atomic mass is 10.1. The molecule has 1 atom stereocenters. The molecule has 0 aliphatic carbocycles. The highest BCUT2D eigenvalue weighted by Crippen LogP contribution is 2.10. The molecule has 0 saturated heterocycles. The fourth-order valence-electron chi connectivity index (χ4n) is 0.616. The van der Waals surface area contributed by atoms with Crippen LogP contribution in [0.1, 0.15) is 32.0 Å². The Morgan fingerprint density at radius 1 is 1.70 bits per heavy atom. The molecule has 5 nitrogen and oxygen atoms in total. The molecule has 0 bridgehead atoms. The van der Waals surface area contributed by atoms with E-state index < -0.39 is 0 Å². The molecule has 1 heterocycles. The average Bonchev–Trinajstić information content (AvgIpc) is 2.34. The van der Waals surface area contributed by atoms with Crippen molar-refractivity contribution in [1.82, 2.24) is 20.3 Å². The van der Waals surface area contributed by atoms with Gasteiger partial charge in [-0.15, -0.1) is 10.2 Å². The molecule has 0 aromatic carbocycles. The lowest BCUT2D eigenvalue weighted by molar-refractivity contribution is 0.655. The van der Waals surface area contributed by atoms with Crippen LogP contribution < -0.4 is 5.84 Å². The highest BCUT2D eigenvalue weighted by Gasteiger charge is 2.07. The molecule has 1 aromatic heterocycles. The van der Waals surface area contributed by atoms with Gasteiger partial charge in [-0.1, -0.05) is 18.8 Å².